The first-order valence-electron chi connectivity index (χ1n) is 4.40. The second-order valence-electron chi connectivity index (χ2n) is 3.14. The molecule has 14 heavy (non-hydrogen) atoms. The maximum absolute atomic E-state index is 5.66. The van der Waals surface area contributed by atoms with Gasteiger partial charge in [0, 0.05) is 24.0 Å². The summed E-state index contributed by atoms with van der Waals surface area (Å²) in [6, 6.07) is 5.49. The third-order valence-corrected chi connectivity index (χ3v) is 1.93. The Morgan fingerprint density at radius 3 is 2.93 bits per heavy atom. The molecule has 2 rings (SSSR count). The van der Waals surface area contributed by atoms with Gasteiger partial charge in [0.2, 0.25) is 0 Å². The Kier molecular flexibility index (Phi) is 2.28. The highest BCUT2D eigenvalue weighted by Crippen LogP contribution is 2.20. The molecule has 2 aromatic rings. The van der Waals surface area contributed by atoms with Gasteiger partial charge in [-0.3, -0.25) is 4.98 Å². The molecular weight excluding hydrogens is 178 g/mol. The van der Waals surface area contributed by atoms with Crippen molar-refractivity contribution < 1.29 is 4.52 Å². The number of nitrogens with zero attached hydrogens (tertiary/aromatic N) is 2. The molecule has 0 aliphatic carbocycles. The Morgan fingerprint density at radius 2 is 2.36 bits per heavy atom. The lowest BCUT2D eigenvalue weighted by Gasteiger charge is -1.94. The minimum atomic E-state index is -0.132. The number of rotatable bonds is 2. The number of nitrogens with two attached hydrogens (primary N) is 1. The lowest BCUT2D eigenvalue weighted by molar-refractivity contribution is 0.369. The zero-order valence-corrected chi connectivity index (χ0v) is 7.84. The Labute approximate surface area is 81.7 Å². The number of hydrogen-bond donors (Lipinski definition) is 1. The van der Waals surface area contributed by atoms with Crippen LogP contribution in [0.25, 0.3) is 11.3 Å². The molecule has 0 saturated heterocycles. The molecule has 0 amide bonds. The molecule has 4 heteroatoms. The van der Waals surface area contributed by atoms with Crippen molar-refractivity contribution in [3.8, 4) is 11.3 Å². The Bertz CT molecular complexity index is 408. The van der Waals surface area contributed by atoms with Crippen molar-refractivity contribution in [2.24, 2.45) is 5.73 Å². The van der Waals surface area contributed by atoms with E-state index in [-0.39, 0.29) is 6.04 Å². The van der Waals surface area contributed by atoms with E-state index in [9.17, 15) is 0 Å². The number of aromatic nitrogens is 2. The van der Waals surface area contributed by atoms with Crippen molar-refractivity contribution in [1.29, 1.82) is 0 Å². The normalized spacial score (nSPS) is 12.7. The monoisotopic (exact) mass is 189 g/mol. The summed E-state index contributed by atoms with van der Waals surface area (Å²) in [6.07, 6.45) is 3.46. The SMILES string of the molecule is CC(N)c1cc(-c2cccnc2)no1. The van der Waals surface area contributed by atoms with Gasteiger partial charge in [0.25, 0.3) is 0 Å². The van der Waals surface area contributed by atoms with Crippen LogP contribution >= 0.6 is 0 Å². The summed E-state index contributed by atoms with van der Waals surface area (Å²) in [4.78, 5) is 4.00. The Morgan fingerprint density at radius 1 is 1.50 bits per heavy atom. The van der Waals surface area contributed by atoms with E-state index in [1.165, 1.54) is 0 Å². The molecule has 72 valence electrons. The summed E-state index contributed by atoms with van der Waals surface area (Å²) < 4.78 is 5.08. The van der Waals surface area contributed by atoms with Crippen LogP contribution in [0.15, 0.2) is 35.1 Å². The summed E-state index contributed by atoms with van der Waals surface area (Å²) >= 11 is 0. The Balaban J connectivity index is 2.34. The number of hydrogen-bond acceptors (Lipinski definition) is 4. The molecule has 0 saturated carbocycles. The van der Waals surface area contributed by atoms with Crippen LogP contribution in [0.4, 0.5) is 0 Å². The van der Waals surface area contributed by atoms with Gasteiger partial charge in [-0.15, -0.1) is 0 Å². The molecule has 0 aliphatic rings. The minimum Gasteiger partial charge on any atom is -0.359 e. The largest absolute Gasteiger partial charge is 0.359 e. The van der Waals surface area contributed by atoms with Gasteiger partial charge in [0.15, 0.2) is 5.76 Å². The van der Waals surface area contributed by atoms with Gasteiger partial charge in [-0.25, -0.2) is 0 Å². The zero-order chi connectivity index (χ0) is 9.97. The van der Waals surface area contributed by atoms with E-state index in [1.807, 2.05) is 25.1 Å². The summed E-state index contributed by atoms with van der Waals surface area (Å²) in [5.41, 5.74) is 7.36. The molecule has 2 heterocycles. The summed E-state index contributed by atoms with van der Waals surface area (Å²) in [5.74, 6) is 0.684. The highest BCUT2D eigenvalue weighted by molar-refractivity contribution is 5.57. The lowest BCUT2D eigenvalue weighted by Crippen LogP contribution is -2.02. The fourth-order valence-electron chi connectivity index (χ4n) is 1.15. The third kappa shape index (κ3) is 1.65. The molecule has 0 radical (unpaired) electrons. The van der Waals surface area contributed by atoms with E-state index < -0.39 is 0 Å². The van der Waals surface area contributed by atoms with Crippen molar-refractivity contribution in [2.45, 2.75) is 13.0 Å². The van der Waals surface area contributed by atoms with E-state index >= 15 is 0 Å². The first-order valence-corrected chi connectivity index (χ1v) is 4.40. The zero-order valence-electron chi connectivity index (χ0n) is 7.84. The highest BCUT2D eigenvalue weighted by Gasteiger charge is 2.09. The average Bonchev–Trinajstić information content (AvgIpc) is 2.68. The van der Waals surface area contributed by atoms with E-state index in [0.29, 0.717) is 5.76 Å². The van der Waals surface area contributed by atoms with E-state index in [4.69, 9.17) is 10.3 Å². The summed E-state index contributed by atoms with van der Waals surface area (Å²) in [5, 5.41) is 3.91. The van der Waals surface area contributed by atoms with Crippen molar-refractivity contribution in [3.05, 3.63) is 36.4 Å². The van der Waals surface area contributed by atoms with E-state index in [1.54, 1.807) is 12.4 Å². The lowest BCUT2D eigenvalue weighted by atomic mass is 10.2. The van der Waals surface area contributed by atoms with Crippen LogP contribution in [-0.4, -0.2) is 10.1 Å². The van der Waals surface area contributed by atoms with Crippen LogP contribution < -0.4 is 5.73 Å². The quantitative estimate of drug-likeness (QED) is 0.781. The van der Waals surface area contributed by atoms with Crippen LogP contribution in [0.5, 0.6) is 0 Å². The molecule has 1 atom stereocenters. The molecule has 0 fully saturated rings. The van der Waals surface area contributed by atoms with E-state index in [0.717, 1.165) is 11.3 Å². The van der Waals surface area contributed by atoms with Gasteiger partial charge in [-0.05, 0) is 19.1 Å². The molecule has 1 unspecified atom stereocenters. The van der Waals surface area contributed by atoms with Gasteiger partial charge >= 0.3 is 0 Å². The van der Waals surface area contributed by atoms with Gasteiger partial charge < -0.3 is 10.3 Å². The smallest absolute Gasteiger partial charge is 0.153 e. The van der Waals surface area contributed by atoms with Crippen molar-refractivity contribution in [3.63, 3.8) is 0 Å². The fraction of sp³-hybridized carbons (Fsp3) is 0.200. The molecule has 0 aromatic carbocycles. The molecular formula is C10H11N3O. The van der Waals surface area contributed by atoms with Gasteiger partial charge in [-0.1, -0.05) is 5.16 Å². The summed E-state index contributed by atoms with van der Waals surface area (Å²) in [7, 11) is 0. The topological polar surface area (TPSA) is 64.9 Å². The average molecular weight is 189 g/mol. The van der Waals surface area contributed by atoms with Gasteiger partial charge in [0.1, 0.15) is 5.69 Å². The van der Waals surface area contributed by atoms with Crippen LogP contribution in [0, 0.1) is 0 Å². The fourth-order valence-corrected chi connectivity index (χ4v) is 1.15. The van der Waals surface area contributed by atoms with Crippen molar-refractivity contribution in [2.75, 3.05) is 0 Å². The molecule has 0 aliphatic heterocycles. The van der Waals surface area contributed by atoms with E-state index in [2.05, 4.69) is 10.1 Å². The van der Waals surface area contributed by atoms with Crippen LogP contribution in [-0.2, 0) is 0 Å². The Hall–Kier alpha value is -1.68. The van der Waals surface area contributed by atoms with Crippen molar-refractivity contribution in [1.82, 2.24) is 10.1 Å². The highest BCUT2D eigenvalue weighted by atomic mass is 16.5. The second kappa shape index (κ2) is 3.59. The maximum Gasteiger partial charge on any atom is 0.153 e. The maximum atomic E-state index is 5.66. The van der Waals surface area contributed by atoms with Crippen LogP contribution in [0.3, 0.4) is 0 Å². The van der Waals surface area contributed by atoms with Crippen LogP contribution in [0.1, 0.15) is 18.7 Å². The predicted molar refractivity (Wildman–Crippen MR) is 52.3 cm³/mol. The molecule has 2 aromatic heterocycles. The second-order valence-corrected chi connectivity index (χ2v) is 3.14. The van der Waals surface area contributed by atoms with Gasteiger partial charge in [-0.2, -0.15) is 0 Å². The van der Waals surface area contributed by atoms with Crippen molar-refractivity contribution >= 4 is 0 Å². The predicted octanol–water partition coefficient (Wildman–Crippen LogP) is 1.76. The van der Waals surface area contributed by atoms with Crippen LogP contribution in [0.2, 0.25) is 0 Å². The standard InChI is InChI=1S/C10H11N3O/c1-7(11)10-5-9(13-14-10)8-3-2-4-12-6-8/h2-7H,11H2,1H3. The number of pyridine rings is 1. The molecule has 0 bridgehead atoms. The summed E-state index contributed by atoms with van der Waals surface area (Å²) in [6.45, 7) is 1.85. The molecule has 4 nitrogen and oxygen atoms in total. The first kappa shape index (κ1) is 8.90. The first-order chi connectivity index (χ1) is 6.77. The molecule has 2 N–H and O–H groups in total. The third-order valence-electron chi connectivity index (χ3n) is 1.93. The molecule has 0 spiro atoms. The minimum absolute atomic E-state index is 0.132. The van der Waals surface area contributed by atoms with Gasteiger partial charge in [0.05, 0.1) is 6.04 Å².